The number of carboxylic acid groups (broad SMARTS) is 1. The number of hydrogen-bond acceptors (Lipinski definition) is 10. The largest absolute Gasteiger partial charge is 0.497 e. The van der Waals surface area contributed by atoms with Gasteiger partial charge in [0.15, 0.2) is 11.9 Å². The summed E-state index contributed by atoms with van der Waals surface area (Å²) >= 11 is 0. The molecule has 0 bridgehead atoms. The standard InChI is InChI=1S/C30H30N6O6/c1-17-7-10-23-20(15-34-36(23)25-6-4-5-11-41-25)27(17)42-29-26-21(13-22(35-29)30(37)38)32-16-33-28(26)31-14-18-8-9-19(39-2)12-24(18)40-3/h7-10,12-13,15-16,25H,4-6,11,14H2,1-3H3,(H,37,38)(H,31,32,33). The summed E-state index contributed by atoms with van der Waals surface area (Å²) in [4.78, 5) is 25.2. The minimum atomic E-state index is -1.20. The number of ether oxygens (including phenoxy) is 4. The number of pyridine rings is 1. The van der Waals surface area contributed by atoms with Gasteiger partial charge >= 0.3 is 5.97 Å². The van der Waals surface area contributed by atoms with Gasteiger partial charge < -0.3 is 29.4 Å². The molecule has 12 heteroatoms. The molecule has 42 heavy (non-hydrogen) atoms. The van der Waals surface area contributed by atoms with E-state index in [-0.39, 0.29) is 17.8 Å². The number of hydrogen-bond donors (Lipinski definition) is 2. The molecule has 1 fully saturated rings. The predicted molar refractivity (Wildman–Crippen MR) is 155 cm³/mol. The number of anilines is 1. The second-order valence-corrected chi connectivity index (χ2v) is 9.92. The monoisotopic (exact) mass is 570 g/mol. The average Bonchev–Trinajstić information content (AvgIpc) is 3.45. The highest BCUT2D eigenvalue weighted by Crippen LogP contribution is 2.39. The van der Waals surface area contributed by atoms with E-state index in [0.29, 0.717) is 47.1 Å². The lowest BCUT2D eigenvalue weighted by atomic mass is 10.1. The molecule has 0 radical (unpaired) electrons. The Labute approximate surface area is 241 Å². The highest BCUT2D eigenvalue weighted by atomic mass is 16.5. The van der Waals surface area contributed by atoms with Crippen LogP contribution in [0.25, 0.3) is 21.8 Å². The molecule has 6 rings (SSSR count). The third kappa shape index (κ3) is 5.12. The molecule has 0 saturated carbocycles. The van der Waals surface area contributed by atoms with Gasteiger partial charge in [0.1, 0.15) is 34.8 Å². The molecule has 1 unspecified atom stereocenters. The number of methoxy groups -OCH3 is 2. The molecule has 12 nitrogen and oxygen atoms in total. The summed E-state index contributed by atoms with van der Waals surface area (Å²) in [6.45, 7) is 2.96. The van der Waals surface area contributed by atoms with Gasteiger partial charge in [0.2, 0.25) is 5.88 Å². The fourth-order valence-corrected chi connectivity index (χ4v) is 5.12. The van der Waals surface area contributed by atoms with Crippen molar-refractivity contribution in [2.75, 3.05) is 26.1 Å². The predicted octanol–water partition coefficient (Wildman–Crippen LogP) is 5.50. The number of nitrogens with zero attached hydrogens (tertiary/aromatic N) is 5. The maximum atomic E-state index is 12.0. The number of rotatable bonds is 9. The summed E-state index contributed by atoms with van der Waals surface area (Å²) in [5.41, 5.74) is 2.71. The molecule has 0 amide bonds. The normalized spacial score (nSPS) is 15.1. The van der Waals surface area contributed by atoms with Crippen molar-refractivity contribution in [3.63, 3.8) is 0 Å². The fraction of sp³-hybridized carbons (Fsp3) is 0.300. The number of aryl methyl sites for hydroxylation is 1. The maximum absolute atomic E-state index is 12.0. The lowest BCUT2D eigenvalue weighted by Gasteiger charge is -2.23. The molecule has 1 saturated heterocycles. The molecule has 5 aromatic rings. The van der Waals surface area contributed by atoms with E-state index in [1.165, 1.54) is 12.4 Å². The van der Waals surface area contributed by atoms with E-state index in [1.807, 2.05) is 35.9 Å². The molecular weight excluding hydrogens is 540 g/mol. The lowest BCUT2D eigenvalue weighted by Crippen LogP contribution is -2.18. The van der Waals surface area contributed by atoms with E-state index >= 15 is 0 Å². The summed E-state index contributed by atoms with van der Waals surface area (Å²) in [5, 5.41) is 18.9. The third-order valence-corrected chi connectivity index (χ3v) is 7.30. The van der Waals surface area contributed by atoms with E-state index < -0.39 is 5.97 Å². The number of fused-ring (bicyclic) bond motifs is 2. The summed E-state index contributed by atoms with van der Waals surface area (Å²) in [7, 11) is 3.18. The van der Waals surface area contributed by atoms with Crippen LogP contribution in [0.15, 0.2) is 48.9 Å². The Kier molecular flexibility index (Phi) is 7.44. The zero-order valence-corrected chi connectivity index (χ0v) is 23.5. The van der Waals surface area contributed by atoms with E-state index in [1.54, 1.807) is 26.5 Å². The Bertz CT molecular complexity index is 1780. The molecule has 3 aromatic heterocycles. The van der Waals surface area contributed by atoms with Crippen LogP contribution < -0.4 is 19.5 Å². The summed E-state index contributed by atoms with van der Waals surface area (Å²) < 4.78 is 25.1. The summed E-state index contributed by atoms with van der Waals surface area (Å²) in [5.74, 6) is 1.12. The molecule has 0 aliphatic carbocycles. The smallest absolute Gasteiger partial charge is 0.354 e. The lowest BCUT2D eigenvalue weighted by molar-refractivity contribution is -0.0366. The van der Waals surface area contributed by atoms with Crippen molar-refractivity contribution >= 4 is 33.6 Å². The van der Waals surface area contributed by atoms with Gasteiger partial charge in [-0.1, -0.05) is 6.07 Å². The Balaban J connectivity index is 1.42. The van der Waals surface area contributed by atoms with Crippen LogP contribution in [-0.4, -0.2) is 56.6 Å². The van der Waals surface area contributed by atoms with E-state index in [0.717, 1.165) is 41.3 Å². The minimum Gasteiger partial charge on any atom is -0.497 e. The van der Waals surface area contributed by atoms with Gasteiger partial charge in [-0.3, -0.25) is 0 Å². The van der Waals surface area contributed by atoms with Gasteiger partial charge in [-0.2, -0.15) is 5.10 Å². The minimum absolute atomic E-state index is 0.0620. The van der Waals surface area contributed by atoms with Crippen LogP contribution >= 0.6 is 0 Å². The van der Waals surface area contributed by atoms with Crippen molar-refractivity contribution in [1.29, 1.82) is 0 Å². The average molecular weight is 571 g/mol. The number of aromatic nitrogens is 5. The Morgan fingerprint density at radius 2 is 2.02 bits per heavy atom. The van der Waals surface area contributed by atoms with Crippen LogP contribution in [0.2, 0.25) is 0 Å². The Hall–Kier alpha value is -4.97. The number of nitrogens with one attached hydrogen (secondary N) is 1. The Morgan fingerprint density at radius 3 is 2.79 bits per heavy atom. The SMILES string of the molecule is COc1ccc(CNc2ncnc3cc(C(=O)O)nc(Oc4c(C)ccc5c4cnn5C4CCCCO4)c23)c(OC)c1. The number of aromatic carboxylic acids is 1. The van der Waals surface area contributed by atoms with Crippen LogP contribution in [0.5, 0.6) is 23.1 Å². The molecule has 2 N–H and O–H groups in total. The zero-order valence-electron chi connectivity index (χ0n) is 23.5. The Morgan fingerprint density at radius 1 is 1.14 bits per heavy atom. The van der Waals surface area contributed by atoms with Crippen LogP contribution in [-0.2, 0) is 11.3 Å². The molecular formula is C30H30N6O6. The summed E-state index contributed by atoms with van der Waals surface area (Å²) in [6.07, 6.45) is 5.93. The molecule has 216 valence electrons. The summed E-state index contributed by atoms with van der Waals surface area (Å²) in [6, 6.07) is 10.9. The first-order valence-electron chi connectivity index (χ1n) is 13.6. The van der Waals surface area contributed by atoms with Gasteiger partial charge in [0.05, 0.1) is 36.8 Å². The van der Waals surface area contributed by atoms with E-state index in [2.05, 4.69) is 25.4 Å². The van der Waals surface area contributed by atoms with E-state index in [4.69, 9.17) is 18.9 Å². The molecule has 1 aliphatic rings. The van der Waals surface area contributed by atoms with Crippen LogP contribution in [0.4, 0.5) is 5.82 Å². The zero-order chi connectivity index (χ0) is 29.2. The van der Waals surface area contributed by atoms with Crippen molar-refractivity contribution < 1.29 is 28.8 Å². The van der Waals surface area contributed by atoms with Gasteiger partial charge in [-0.05, 0) is 56.0 Å². The maximum Gasteiger partial charge on any atom is 0.354 e. The van der Waals surface area contributed by atoms with Crippen molar-refractivity contribution in [2.45, 2.75) is 39.0 Å². The molecule has 1 aliphatic heterocycles. The number of carboxylic acids is 1. The number of benzene rings is 2. The van der Waals surface area contributed by atoms with Crippen LogP contribution in [0.3, 0.4) is 0 Å². The van der Waals surface area contributed by atoms with Crippen molar-refractivity contribution in [2.24, 2.45) is 0 Å². The first kappa shape index (κ1) is 27.2. The molecule has 4 heterocycles. The number of carbonyl (C=O) groups is 1. The second kappa shape index (κ2) is 11.5. The fourth-order valence-electron chi connectivity index (χ4n) is 5.12. The first-order valence-corrected chi connectivity index (χ1v) is 13.6. The van der Waals surface area contributed by atoms with Gasteiger partial charge in [-0.15, -0.1) is 0 Å². The molecule has 0 spiro atoms. The van der Waals surface area contributed by atoms with Gasteiger partial charge in [0, 0.05) is 24.8 Å². The first-order chi connectivity index (χ1) is 20.5. The highest BCUT2D eigenvalue weighted by Gasteiger charge is 2.23. The van der Waals surface area contributed by atoms with Crippen LogP contribution in [0, 0.1) is 6.92 Å². The van der Waals surface area contributed by atoms with Crippen molar-refractivity contribution in [3.8, 4) is 23.1 Å². The van der Waals surface area contributed by atoms with Crippen LogP contribution in [0.1, 0.15) is 47.1 Å². The topological polar surface area (TPSA) is 143 Å². The van der Waals surface area contributed by atoms with Crippen molar-refractivity contribution in [1.82, 2.24) is 24.7 Å². The van der Waals surface area contributed by atoms with Gasteiger partial charge in [-0.25, -0.2) is 24.4 Å². The van der Waals surface area contributed by atoms with Crippen molar-refractivity contribution in [3.05, 3.63) is 65.7 Å². The molecule has 1 atom stereocenters. The van der Waals surface area contributed by atoms with Gasteiger partial charge in [0.25, 0.3) is 0 Å². The molecule has 2 aromatic carbocycles. The quantitative estimate of drug-likeness (QED) is 0.232. The second-order valence-electron chi connectivity index (χ2n) is 9.92. The highest BCUT2D eigenvalue weighted by molar-refractivity contribution is 5.98. The third-order valence-electron chi connectivity index (χ3n) is 7.30. The van der Waals surface area contributed by atoms with E-state index in [9.17, 15) is 9.90 Å².